The van der Waals surface area contributed by atoms with E-state index in [0.29, 0.717) is 12.3 Å². The number of hydrazine groups is 1. The lowest BCUT2D eigenvalue weighted by molar-refractivity contribution is 0.00298. The minimum absolute atomic E-state index is 0.186. The van der Waals surface area contributed by atoms with Crippen molar-refractivity contribution in [1.29, 1.82) is 0 Å². The number of hydrogen-bond donors (Lipinski definition) is 1. The van der Waals surface area contributed by atoms with Gasteiger partial charge >= 0.3 is 0 Å². The number of hydrogen-bond acceptors (Lipinski definition) is 4. The molecule has 0 amide bonds. The van der Waals surface area contributed by atoms with Gasteiger partial charge in [0.1, 0.15) is 22.8 Å². The van der Waals surface area contributed by atoms with Crippen molar-refractivity contribution >= 4 is 16.5 Å². The molecule has 0 aliphatic carbocycles. The zero-order valence-electron chi connectivity index (χ0n) is 16.9. The molecule has 1 unspecified atom stereocenters. The molecule has 0 aromatic carbocycles. The van der Waals surface area contributed by atoms with Gasteiger partial charge < -0.3 is 0 Å². The Bertz CT molecular complexity index is 352. The SMILES string of the molecule is CC(C)N1CCN(C(C)(C)C)C1NN([Si](C)(C)C)[Si](C)(C)C. The Kier molecular flexibility index (Phi) is 6.14. The van der Waals surface area contributed by atoms with Crippen molar-refractivity contribution in [3.05, 3.63) is 0 Å². The first kappa shape index (κ1) is 20.3. The fourth-order valence-electron chi connectivity index (χ4n) is 3.54. The van der Waals surface area contributed by atoms with Gasteiger partial charge in [-0.2, -0.15) is 0 Å². The molecule has 1 atom stereocenters. The van der Waals surface area contributed by atoms with E-state index in [4.69, 9.17) is 0 Å². The molecule has 22 heavy (non-hydrogen) atoms. The van der Waals surface area contributed by atoms with Crippen LogP contribution in [0.25, 0.3) is 0 Å². The topological polar surface area (TPSA) is 21.8 Å². The average molecular weight is 345 g/mol. The lowest BCUT2D eigenvalue weighted by Gasteiger charge is -2.50. The second kappa shape index (κ2) is 6.65. The molecular weight excluding hydrogens is 304 g/mol. The highest BCUT2D eigenvalue weighted by atomic mass is 28.4. The predicted molar refractivity (Wildman–Crippen MR) is 104 cm³/mol. The van der Waals surface area contributed by atoms with Crippen LogP contribution in [0.2, 0.25) is 39.3 Å². The van der Waals surface area contributed by atoms with Gasteiger partial charge in [0.2, 0.25) is 0 Å². The molecule has 1 saturated heterocycles. The van der Waals surface area contributed by atoms with Crippen LogP contribution in [-0.2, 0) is 0 Å². The summed E-state index contributed by atoms with van der Waals surface area (Å²) in [5, 5.41) is 0. The van der Waals surface area contributed by atoms with Crippen molar-refractivity contribution in [2.45, 2.75) is 91.8 Å². The molecule has 0 bridgehead atoms. The Morgan fingerprint density at radius 1 is 0.955 bits per heavy atom. The van der Waals surface area contributed by atoms with Gasteiger partial charge in [0.15, 0.2) is 0 Å². The Labute approximate surface area is 141 Å². The van der Waals surface area contributed by atoms with Gasteiger partial charge in [-0.15, -0.1) is 0 Å². The predicted octanol–water partition coefficient (Wildman–Crippen LogP) is 3.57. The molecule has 1 aliphatic rings. The van der Waals surface area contributed by atoms with Gasteiger partial charge in [0.25, 0.3) is 0 Å². The fourth-order valence-corrected chi connectivity index (χ4v) is 12.6. The molecule has 1 rings (SSSR count). The molecule has 0 aromatic heterocycles. The first-order valence-electron chi connectivity index (χ1n) is 8.74. The second-order valence-corrected chi connectivity index (χ2v) is 19.9. The zero-order valence-corrected chi connectivity index (χ0v) is 18.9. The summed E-state index contributed by atoms with van der Waals surface area (Å²) in [5.74, 6) is 0. The van der Waals surface area contributed by atoms with E-state index < -0.39 is 16.5 Å². The van der Waals surface area contributed by atoms with Gasteiger partial charge in [0, 0.05) is 24.7 Å². The zero-order chi connectivity index (χ0) is 17.5. The van der Waals surface area contributed by atoms with Gasteiger partial charge in [-0.05, 0) is 34.6 Å². The minimum atomic E-state index is -1.41. The first-order valence-corrected chi connectivity index (χ1v) is 15.6. The summed E-state index contributed by atoms with van der Waals surface area (Å²) in [6, 6.07) is 0.565. The third-order valence-electron chi connectivity index (χ3n) is 4.32. The molecule has 6 heteroatoms. The maximum absolute atomic E-state index is 3.99. The van der Waals surface area contributed by atoms with Crippen molar-refractivity contribution in [1.82, 2.24) is 19.6 Å². The summed E-state index contributed by atoms with van der Waals surface area (Å²) in [6.07, 6.45) is 0.318. The van der Waals surface area contributed by atoms with Crippen LogP contribution in [0.5, 0.6) is 0 Å². The Morgan fingerprint density at radius 3 is 1.73 bits per heavy atom. The van der Waals surface area contributed by atoms with Crippen LogP contribution in [-0.4, -0.2) is 61.6 Å². The van der Waals surface area contributed by atoms with E-state index in [-0.39, 0.29) is 5.54 Å². The van der Waals surface area contributed by atoms with E-state index in [2.05, 4.69) is 93.5 Å². The van der Waals surface area contributed by atoms with Gasteiger partial charge in [0.05, 0.1) is 0 Å². The average Bonchev–Trinajstić information content (AvgIpc) is 2.65. The number of nitrogens with one attached hydrogen (secondary N) is 1. The molecule has 1 aliphatic heterocycles. The van der Waals surface area contributed by atoms with Crippen molar-refractivity contribution in [2.24, 2.45) is 0 Å². The Hall–Kier alpha value is 0.274. The normalized spacial score (nSPS) is 23.0. The maximum Gasteiger partial charge on any atom is 0.129 e. The van der Waals surface area contributed by atoms with Crippen molar-refractivity contribution in [3.8, 4) is 0 Å². The van der Waals surface area contributed by atoms with Crippen LogP contribution < -0.4 is 5.43 Å². The summed E-state index contributed by atoms with van der Waals surface area (Å²) < 4.78 is 2.70. The summed E-state index contributed by atoms with van der Waals surface area (Å²) in [6.45, 7) is 28.6. The third-order valence-corrected chi connectivity index (χ3v) is 11.3. The molecule has 1 N–H and O–H groups in total. The molecule has 1 heterocycles. The van der Waals surface area contributed by atoms with E-state index in [9.17, 15) is 0 Å². The van der Waals surface area contributed by atoms with Crippen LogP contribution in [0.3, 0.4) is 0 Å². The quantitative estimate of drug-likeness (QED) is 0.608. The van der Waals surface area contributed by atoms with Gasteiger partial charge in [-0.1, -0.05) is 39.3 Å². The molecule has 4 nitrogen and oxygen atoms in total. The monoisotopic (exact) mass is 344 g/mol. The lowest BCUT2D eigenvalue weighted by atomic mass is 10.1. The minimum Gasteiger partial charge on any atom is -0.284 e. The lowest BCUT2D eigenvalue weighted by Crippen LogP contribution is -2.71. The van der Waals surface area contributed by atoms with E-state index in [0.717, 1.165) is 13.1 Å². The van der Waals surface area contributed by atoms with E-state index in [1.807, 2.05) is 0 Å². The van der Waals surface area contributed by atoms with Crippen molar-refractivity contribution in [3.63, 3.8) is 0 Å². The molecule has 0 spiro atoms. The standard InChI is InChI=1S/C16H40N4Si2/c1-14(2)18-12-13-19(16(3,4)5)15(18)17-20(21(6,7)8)22(9,10)11/h14-15,17H,12-13H2,1-11H3. The molecular formula is C16H40N4Si2. The summed E-state index contributed by atoms with van der Waals surface area (Å²) in [4.78, 5) is 5.23. The summed E-state index contributed by atoms with van der Waals surface area (Å²) in [7, 11) is -2.82. The van der Waals surface area contributed by atoms with Crippen LogP contribution in [0, 0.1) is 0 Å². The van der Waals surface area contributed by atoms with Gasteiger partial charge in [-0.3, -0.25) is 14.1 Å². The highest BCUT2D eigenvalue weighted by Gasteiger charge is 2.43. The van der Waals surface area contributed by atoms with E-state index >= 15 is 0 Å². The van der Waals surface area contributed by atoms with E-state index in [1.165, 1.54) is 0 Å². The van der Waals surface area contributed by atoms with E-state index in [1.54, 1.807) is 0 Å². The maximum atomic E-state index is 3.99. The van der Waals surface area contributed by atoms with Crippen LogP contribution in [0.1, 0.15) is 34.6 Å². The first-order chi connectivity index (χ1) is 9.65. The summed E-state index contributed by atoms with van der Waals surface area (Å²) in [5.41, 5.74) is 4.18. The largest absolute Gasteiger partial charge is 0.284 e. The molecule has 132 valence electrons. The highest BCUT2D eigenvalue weighted by molar-refractivity contribution is 6.89. The molecule has 1 fully saturated rings. The van der Waals surface area contributed by atoms with Crippen molar-refractivity contribution in [2.75, 3.05) is 13.1 Å². The number of rotatable bonds is 5. The Balaban J connectivity index is 3.10. The fraction of sp³-hybridized carbons (Fsp3) is 1.00. The molecule has 0 saturated carbocycles. The second-order valence-electron chi connectivity index (χ2n) is 9.88. The van der Waals surface area contributed by atoms with Crippen molar-refractivity contribution < 1.29 is 0 Å². The number of nitrogens with zero attached hydrogens (tertiary/aromatic N) is 3. The Morgan fingerprint density at radius 2 is 1.41 bits per heavy atom. The molecule has 0 aromatic rings. The summed E-state index contributed by atoms with van der Waals surface area (Å²) >= 11 is 0. The van der Waals surface area contributed by atoms with Crippen LogP contribution in [0.15, 0.2) is 0 Å². The highest BCUT2D eigenvalue weighted by Crippen LogP contribution is 2.27. The van der Waals surface area contributed by atoms with Gasteiger partial charge in [-0.25, -0.2) is 5.43 Å². The smallest absolute Gasteiger partial charge is 0.129 e. The van der Waals surface area contributed by atoms with Crippen LogP contribution in [0.4, 0.5) is 0 Å². The van der Waals surface area contributed by atoms with Crippen LogP contribution >= 0.6 is 0 Å². The molecule has 0 radical (unpaired) electrons. The third kappa shape index (κ3) is 4.88.